The Labute approximate surface area is 125 Å². The van der Waals surface area contributed by atoms with Crippen molar-refractivity contribution in [3.05, 3.63) is 29.3 Å². The van der Waals surface area contributed by atoms with Crippen molar-refractivity contribution in [2.24, 2.45) is 0 Å². The standard InChI is InChI=1S/C15H20N2O2.ClH/c1-9-2-3-10(16)6-14(9)15(19)17-11-4-5-12(17)8-13(18)7-11;/h2-3,6,11-13,18H,4-5,7-8,16H2,1H3;1H. The lowest BCUT2D eigenvalue weighted by Gasteiger charge is -2.37. The molecule has 0 aliphatic carbocycles. The number of nitrogens with two attached hydrogens (primary N) is 1. The number of aryl methyl sites for hydroxylation is 1. The third-order valence-electron chi connectivity index (χ3n) is 4.43. The Morgan fingerprint density at radius 3 is 2.50 bits per heavy atom. The van der Waals surface area contributed by atoms with Gasteiger partial charge in [0.05, 0.1) is 6.10 Å². The van der Waals surface area contributed by atoms with Gasteiger partial charge >= 0.3 is 0 Å². The van der Waals surface area contributed by atoms with E-state index in [-0.39, 0.29) is 36.5 Å². The number of hydrogen-bond donors (Lipinski definition) is 2. The van der Waals surface area contributed by atoms with Crippen LogP contribution < -0.4 is 5.73 Å². The Morgan fingerprint density at radius 1 is 1.30 bits per heavy atom. The Kier molecular flexibility index (Phi) is 4.25. The van der Waals surface area contributed by atoms with Gasteiger partial charge in [0.25, 0.3) is 5.91 Å². The molecular formula is C15H21ClN2O2. The van der Waals surface area contributed by atoms with Crippen molar-refractivity contribution < 1.29 is 9.90 Å². The second-order valence-electron chi connectivity index (χ2n) is 5.80. The fourth-order valence-corrected chi connectivity index (χ4v) is 3.49. The molecule has 2 atom stereocenters. The summed E-state index contributed by atoms with van der Waals surface area (Å²) in [5.41, 5.74) is 8.08. The molecule has 1 amide bonds. The molecule has 2 aliphatic heterocycles. The normalized spacial score (nSPS) is 28.1. The summed E-state index contributed by atoms with van der Waals surface area (Å²) in [7, 11) is 0. The van der Waals surface area contributed by atoms with Gasteiger partial charge in [-0.05, 0) is 50.3 Å². The van der Waals surface area contributed by atoms with Gasteiger partial charge in [0.1, 0.15) is 0 Å². The van der Waals surface area contributed by atoms with Gasteiger partial charge in [0, 0.05) is 23.3 Å². The first kappa shape index (κ1) is 15.1. The van der Waals surface area contributed by atoms with E-state index >= 15 is 0 Å². The number of anilines is 1. The molecule has 20 heavy (non-hydrogen) atoms. The summed E-state index contributed by atoms with van der Waals surface area (Å²) in [6, 6.07) is 5.87. The van der Waals surface area contributed by atoms with Gasteiger partial charge in [-0.3, -0.25) is 4.79 Å². The van der Waals surface area contributed by atoms with Crippen LogP contribution in [0.25, 0.3) is 0 Å². The lowest BCUT2D eigenvalue weighted by molar-refractivity contribution is 0.0286. The number of rotatable bonds is 1. The van der Waals surface area contributed by atoms with Crippen molar-refractivity contribution >= 4 is 24.0 Å². The second-order valence-corrected chi connectivity index (χ2v) is 5.80. The van der Waals surface area contributed by atoms with Gasteiger partial charge in [0.15, 0.2) is 0 Å². The summed E-state index contributed by atoms with van der Waals surface area (Å²) >= 11 is 0. The monoisotopic (exact) mass is 296 g/mol. The predicted molar refractivity (Wildman–Crippen MR) is 81.1 cm³/mol. The fraction of sp³-hybridized carbons (Fsp3) is 0.533. The molecule has 0 saturated carbocycles. The summed E-state index contributed by atoms with van der Waals surface area (Å²) < 4.78 is 0. The van der Waals surface area contributed by atoms with Crippen molar-refractivity contribution in [1.29, 1.82) is 0 Å². The summed E-state index contributed by atoms with van der Waals surface area (Å²) in [5, 5.41) is 9.80. The maximum atomic E-state index is 12.7. The number of carbonyl (C=O) groups is 1. The number of nitrogens with zero attached hydrogens (tertiary/aromatic N) is 1. The highest BCUT2D eigenvalue weighted by Crippen LogP contribution is 2.37. The molecule has 2 unspecified atom stereocenters. The molecule has 110 valence electrons. The maximum Gasteiger partial charge on any atom is 0.254 e. The van der Waals surface area contributed by atoms with Crippen molar-refractivity contribution in [3.8, 4) is 0 Å². The zero-order valence-electron chi connectivity index (χ0n) is 11.6. The zero-order chi connectivity index (χ0) is 13.6. The van der Waals surface area contributed by atoms with E-state index in [2.05, 4.69) is 0 Å². The Balaban J connectivity index is 0.00000147. The van der Waals surface area contributed by atoms with Gasteiger partial charge in [-0.25, -0.2) is 0 Å². The minimum atomic E-state index is -0.247. The summed E-state index contributed by atoms with van der Waals surface area (Å²) in [6.07, 6.45) is 3.19. The molecule has 0 aromatic heterocycles. The van der Waals surface area contributed by atoms with Crippen molar-refractivity contribution in [2.45, 2.75) is 50.8 Å². The largest absolute Gasteiger partial charge is 0.399 e. The number of hydrogen-bond acceptors (Lipinski definition) is 3. The number of carbonyl (C=O) groups excluding carboxylic acids is 1. The first-order chi connectivity index (χ1) is 9.06. The van der Waals surface area contributed by atoms with Crippen LogP contribution in [-0.2, 0) is 0 Å². The van der Waals surface area contributed by atoms with Crippen molar-refractivity contribution in [1.82, 2.24) is 4.90 Å². The van der Waals surface area contributed by atoms with Crippen LogP contribution >= 0.6 is 12.4 Å². The van der Waals surface area contributed by atoms with Crippen LogP contribution in [0.1, 0.15) is 41.6 Å². The van der Waals surface area contributed by atoms with Gasteiger partial charge in [-0.15, -0.1) is 12.4 Å². The van der Waals surface area contributed by atoms with Crippen LogP contribution in [0, 0.1) is 6.92 Å². The number of benzene rings is 1. The molecule has 1 aromatic rings. The molecule has 2 bridgehead atoms. The molecule has 2 fully saturated rings. The third kappa shape index (κ3) is 2.50. The zero-order valence-corrected chi connectivity index (χ0v) is 12.4. The number of amides is 1. The molecule has 0 radical (unpaired) electrons. The molecule has 5 heteroatoms. The average molecular weight is 297 g/mol. The smallest absolute Gasteiger partial charge is 0.254 e. The predicted octanol–water partition coefficient (Wildman–Crippen LogP) is 2.13. The van der Waals surface area contributed by atoms with Crippen LogP contribution in [0.15, 0.2) is 18.2 Å². The van der Waals surface area contributed by atoms with Gasteiger partial charge in [-0.1, -0.05) is 6.07 Å². The third-order valence-corrected chi connectivity index (χ3v) is 4.43. The molecule has 2 heterocycles. The molecule has 0 spiro atoms. The number of halogens is 1. The van der Waals surface area contributed by atoms with Crippen molar-refractivity contribution in [2.75, 3.05) is 5.73 Å². The van der Waals surface area contributed by atoms with E-state index in [1.807, 2.05) is 24.0 Å². The van der Waals surface area contributed by atoms with Crippen molar-refractivity contribution in [3.63, 3.8) is 0 Å². The minimum Gasteiger partial charge on any atom is -0.399 e. The number of aliphatic hydroxyl groups is 1. The van der Waals surface area contributed by atoms with Crippen LogP contribution in [0.2, 0.25) is 0 Å². The van der Waals surface area contributed by atoms with E-state index in [1.165, 1.54) is 0 Å². The van der Waals surface area contributed by atoms with E-state index in [9.17, 15) is 9.90 Å². The van der Waals surface area contributed by atoms with E-state index in [0.29, 0.717) is 24.1 Å². The fourth-order valence-electron chi connectivity index (χ4n) is 3.49. The SMILES string of the molecule is Cc1ccc(N)cc1C(=O)N1C2CCC1CC(O)C2.Cl. The highest BCUT2D eigenvalue weighted by atomic mass is 35.5. The summed E-state index contributed by atoms with van der Waals surface area (Å²) in [6.45, 7) is 1.94. The van der Waals surface area contributed by atoms with E-state index < -0.39 is 0 Å². The molecule has 3 rings (SSSR count). The summed E-state index contributed by atoms with van der Waals surface area (Å²) in [4.78, 5) is 14.7. The lowest BCUT2D eigenvalue weighted by atomic mass is 9.97. The number of aliphatic hydroxyl groups excluding tert-OH is 1. The maximum absolute atomic E-state index is 12.7. The van der Waals surface area contributed by atoms with E-state index in [0.717, 1.165) is 18.4 Å². The minimum absolute atomic E-state index is 0. The first-order valence-electron chi connectivity index (χ1n) is 6.93. The topological polar surface area (TPSA) is 66.6 Å². The van der Waals surface area contributed by atoms with Crippen LogP contribution in [0.4, 0.5) is 5.69 Å². The summed E-state index contributed by atoms with van der Waals surface area (Å²) in [5.74, 6) is 0.0733. The van der Waals surface area contributed by atoms with E-state index in [4.69, 9.17) is 5.73 Å². The molecule has 2 saturated heterocycles. The lowest BCUT2D eigenvalue weighted by Crippen LogP contribution is -2.48. The molecule has 1 aromatic carbocycles. The Morgan fingerprint density at radius 2 is 1.90 bits per heavy atom. The Hall–Kier alpha value is -1.26. The molecule has 2 aliphatic rings. The van der Waals surface area contributed by atoms with E-state index in [1.54, 1.807) is 6.07 Å². The number of fused-ring (bicyclic) bond motifs is 2. The Bertz CT molecular complexity index is 507. The molecule has 3 N–H and O–H groups in total. The van der Waals surface area contributed by atoms with Gasteiger partial charge < -0.3 is 15.7 Å². The highest BCUT2D eigenvalue weighted by Gasteiger charge is 2.43. The number of nitrogen functional groups attached to an aromatic ring is 1. The van der Waals surface area contributed by atoms with Crippen LogP contribution in [0.3, 0.4) is 0 Å². The average Bonchev–Trinajstić information content (AvgIpc) is 2.64. The first-order valence-corrected chi connectivity index (χ1v) is 6.93. The highest BCUT2D eigenvalue weighted by molar-refractivity contribution is 5.97. The second kappa shape index (κ2) is 5.62. The van der Waals surface area contributed by atoms with Crippen LogP contribution in [0.5, 0.6) is 0 Å². The molecular weight excluding hydrogens is 276 g/mol. The quantitative estimate of drug-likeness (QED) is 0.780. The molecule has 4 nitrogen and oxygen atoms in total. The van der Waals surface area contributed by atoms with Crippen LogP contribution in [-0.4, -0.2) is 34.1 Å². The van der Waals surface area contributed by atoms with Gasteiger partial charge in [0.2, 0.25) is 0 Å². The van der Waals surface area contributed by atoms with Gasteiger partial charge in [-0.2, -0.15) is 0 Å². The number of piperidine rings is 1.